The highest BCUT2D eigenvalue weighted by atomic mass is 35.5. The van der Waals surface area contributed by atoms with Crippen molar-refractivity contribution < 1.29 is 23.8 Å². The lowest BCUT2D eigenvalue weighted by molar-refractivity contribution is -0.123. The smallest absolute Gasteiger partial charge is 0.339 e. The number of esters is 1. The Morgan fingerprint density at radius 3 is 2.64 bits per heavy atom. The number of carbonyl (C=O) groups excluding carboxylic acids is 2. The minimum Gasteiger partial charge on any atom is -0.493 e. The second-order valence-corrected chi connectivity index (χ2v) is 6.39. The minimum absolute atomic E-state index is 0.205. The number of ether oxygens (including phenoxy) is 3. The van der Waals surface area contributed by atoms with Gasteiger partial charge in [-0.05, 0) is 37.3 Å². The third-order valence-electron chi connectivity index (χ3n) is 3.62. The quantitative estimate of drug-likeness (QED) is 0.489. The van der Waals surface area contributed by atoms with E-state index in [1.54, 1.807) is 30.3 Å². The first-order valence-corrected chi connectivity index (χ1v) is 9.00. The van der Waals surface area contributed by atoms with Crippen molar-refractivity contribution in [1.29, 1.82) is 0 Å². The molecule has 0 fully saturated rings. The molecular formula is C20H19Cl2NO5. The molecule has 0 saturated heterocycles. The van der Waals surface area contributed by atoms with E-state index in [-0.39, 0.29) is 10.6 Å². The molecule has 2 aromatic carbocycles. The normalized spacial score (nSPS) is 11.3. The second-order valence-electron chi connectivity index (χ2n) is 5.60. The van der Waals surface area contributed by atoms with Crippen molar-refractivity contribution in [2.75, 3.05) is 19.0 Å². The molecule has 0 spiro atoms. The van der Waals surface area contributed by atoms with Crippen molar-refractivity contribution in [2.45, 2.75) is 13.0 Å². The fourth-order valence-corrected chi connectivity index (χ4v) is 2.53. The van der Waals surface area contributed by atoms with Gasteiger partial charge in [-0.25, -0.2) is 4.79 Å². The zero-order valence-electron chi connectivity index (χ0n) is 15.3. The Labute approximate surface area is 173 Å². The molecule has 6 nitrogen and oxygen atoms in total. The van der Waals surface area contributed by atoms with Crippen molar-refractivity contribution in [2.24, 2.45) is 0 Å². The average Bonchev–Trinajstić information content (AvgIpc) is 2.69. The molecule has 0 radical (unpaired) electrons. The maximum absolute atomic E-state index is 12.4. The fraction of sp³-hybridized carbons (Fsp3) is 0.200. The van der Waals surface area contributed by atoms with E-state index in [0.717, 1.165) is 0 Å². The average molecular weight is 424 g/mol. The highest BCUT2D eigenvalue weighted by Crippen LogP contribution is 2.30. The van der Waals surface area contributed by atoms with E-state index in [4.69, 9.17) is 37.4 Å². The van der Waals surface area contributed by atoms with Crippen LogP contribution in [0.5, 0.6) is 11.5 Å². The van der Waals surface area contributed by atoms with Crippen LogP contribution in [0.3, 0.4) is 0 Å². The molecule has 0 bridgehead atoms. The highest BCUT2D eigenvalue weighted by molar-refractivity contribution is 6.44. The summed E-state index contributed by atoms with van der Waals surface area (Å²) in [5.41, 5.74) is 0.538. The molecule has 8 heteroatoms. The second kappa shape index (κ2) is 10.0. The molecule has 148 valence electrons. The largest absolute Gasteiger partial charge is 0.493 e. The van der Waals surface area contributed by atoms with Crippen molar-refractivity contribution in [1.82, 2.24) is 0 Å². The molecule has 1 N–H and O–H groups in total. The SMILES string of the molecule is C=CCOc1ccc(C(=O)OC(C)C(=O)Nc2cccc(Cl)c2Cl)cc1OC. The van der Waals surface area contributed by atoms with Gasteiger partial charge in [0.05, 0.1) is 28.4 Å². The van der Waals surface area contributed by atoms with E-state index in [9.17, 15) is 9.59 Å². The van der Waals surface area contributed by atoms with Crippen LogP contribution in [-0.2, 0) is 9.53 Å². The summed E-state index contributed by atoms with van der Waals surface area (Å²) in [4.78, 5) is 24.7. The van der Waals surface area contributed by atoms with Gasteiger partial charge in [-0.2, -0.15) is 0 Å². The summed E-state index contributed by atoms with van der Waals surface area (Å²) in [6.07, 6.45) is 0.527. The van der Waals surface area contributed by atoms with Gasteiger partial charge in [-0.15, -0.1) is 0 Å². The standard InChI is InChI=1S/C20H19Cl2NO5/c1-4-10-27-16-9-8-13(11-17(16)26-3)20(25)28-12(2)19(24)23-15-7-5-6-14(21)18(15)22/h4-9,11-12H,1,10H2,2-3H3,(H,23,24). The summed E-state index contributed by atoms with van der Waals surface area (Å²) in [5, 5.41) is 3.08. The number of amides is 1. The lowest BCUT2D eigenvalue weighted by Crippen LogP contribution is -2.30. The molecule has 2 aromatic rings. The molecule has 1 unspecified atom stereocenters. The number of anilines is 1. The van der Waals surface area contributed by atoms with E-state index >= 15 is 0 Å². The molecule has 0 aliphatic rings. The number of hydrogen-bond donors (Lipinski definition) is 1. The van der Waals surface area contributed by atoms with Gasteiger partial charge in [0.2, 0.25) is 0 Å². The minimum atomic E-state index is -1.06. The topological polar surface area (TPSA) is 73.9 Å². The van der Waals surface area contributed by atoms with Crippen LogP contribution in [0, 0.1) is 0 Å². The molecule has 1 amide bonds. The van der Waals surface area contributed by atoms with Gasteiger partial charge in [-0.3, -0.25) is 4.79 Å². The van der Waals surface area contributed by atoms with E-state index in [1.165, 1.54) is 26.2 Å². The van der Waals surface area contributed by atoms with Gasteiger partial charge in [0.25, 0.3) is 5.91 Å². The fourth-order valence-electron chi connectivity index (χ4n) is 2.18. The van der Waals surface area contributed by atoms with Crippen molar-refractivity contribution in [3.05, 3.63) is 64.7 Å². The summed E-state index contributed by atoms with van der Waals surface area (Å²) < 4.78 is 15.9. The first-order valence-electron chi connectivity index (χ1n) is 8.25. The summed E-state index contributed by atoms with van der Waals surface area (Å²) in [7, 11) is 1.45. The van der Waals surface area contributed by atoms with Gasteiger partial charge in [-0.1, -0.05) is 41.9 Å². The third kappa shape index (κ3) is 5.41. The zero-order chi connectivity index (χ0) is 20.7. The number of benzene rings is 2. The van der Waals surface area contributed by atoms with Gasteiger partial charge in [0.15, 0.2) is 17.6 Å². The molecule has 0 heterocycles. The van der Waals surface area contributed by atoms with Crippen LogP contribution < -0.4 is 14.8 Å². The highest BCUT2D eigenvalue weighted by Gasteiger charge is 2.21. The molecule has 0 aliphatic heterocycles. The summed E-state index contributed by atoms with van der Waals surface area (Å²) in [6, 6.07) is 9.39. The molecule has 2 rings (SSSR count). The molecule has 0 aliphatic carbocycles. The number of halogens is 2. The molecular weight excluding hydrogens is 405 g/mol. The Kier molecular flexibility index (Phi) is 7.72. The predicted molar refractivity (Wildman–Crippen MR) is 109 cm³/mol. The van der Waals surface area contributed by atoms with Gasteiger partial charge in [0.1, 0.15) is 6.61 Å². The number of nitrogens with one attached hydrogen (secondary N) is 1. The van der Waals surface area contributed by atoms with E-state index < -0.39 is 18.0 Å². The van der Waals surface area contributed by atoms with Crippen molar-refractivity contribution in [3.8, 4) is 11.5 Å². The monoisotopic (exact) mass is 423 g/mol. The van der Waals surface area contributed by atoms with Crippen molar-refractivity contribution in [3.63, 3.8) is 0 Å². The van der Waals surface area contributed by atoms with Crippen LogP contribution in [0.2, 0.25) is 10.0 Å². The van der Waals surface area contributed by atoms with E-state index in [0.29, 0.717) is 28.8 Å². The van der Waals surface area contributed by atoms with Crippen LogP contribution in [0.15, 0.2) is 49.1 Å². The van der Waals surface area contributed by atoms with Crippen LogP contribution in [0.4, 0.5) is 5.69 Å². The Morgan fingerprint density at radius 2 is 1.96 bits per heavy atom. The number of methoxy groups -OCH3 is 1. The lowest BCUT2D eigenvalue weighted by Gasteiger charge is -2.15. The van der Waals surface area contributed by atoms with Crippen LogP contribution in [0.25, 0.3) is 0 Å². The first-order chi connectivity index (χ1) is 13.4. The third-order valence-corrected chi connectivity index (χ3v) is 4.44. The predicted octanol–water partition coefficient (Wildman–Crippen LogP) is 4.75. The van der Waals surface area contributed by atoms with E-state index in [1.807, 2.05) is 0 Å². The Bertz CT molecular complexity index is 885. The Morgan fingerprint density at radius 1 is 1.21 bits per heavy atom. The lowest BCUT2D eigenvalue weighted by atomic mass is 10.2. The number of carbonyl (C=O) groups is 2. The van der Waals surface area contributed by atoms with Crippen LogP contribution >= 0.6 is 23.2 Å². The molecule has 0 saturated carbocycles. The van der Waals surface area contributed by atoms with Gasteiger partial charge in [0, 0.05) is 0 Å². The van der Waals surface area contributed by atoms with Crippen molar-refractivity contribution >= 4 is 40.8 Å². The van der Waals surface area contributed by atoms with E-state index in [2.05, 4.69) is 11.9 Å². The van der Waals surface area contributed by atoms with Crippen LogP contribution in [0.1, 0.15) is 17.3 Å². The van der Waals surface area contributed by atoms with Crippen LogP contribution in [-0.4, -0.2) is 31.7 Å². The summed E-state index contributed by atoms with van der Waals surface area (Å²) >= 11 is 12.0. The molecule has 1 atom stereocenters. The Hall–Kier alpha value is -2.70. The zero-order valence-corrected chi connectivity index (χ0v) is 16.8. The number of rotatable bonds is 8. The first kappa shape index (κ1) is 21.6. The number of hydrogen-bond acceptors (Lipinski definition) is 5. The van der Waals surface area contributed by atoms with Gasteiger partial charge >= 0.3 is 5.97 Å². The Balaban J connectivity index is 2.05. The van der Waals surface area contributed by atoms with Gasteiger partial charge < -0.3 is 19.5 Å². The maximum atomic E-state index is 12.4. The summed E-state index contributed by atoms with van der Waals surface area (Å²) in [5.74, 6) is -0.414. The molecule has 28 heavy (non-hydrogen) atoms. The maximum Gasteiger partial charge on any atom is 0.339 e. The molecule has 0 aromatic heterocycles. The summed E-state index contributed by atoms with van der Waals surface area (Å²) in [6.45, 7) is 5.32.